The number of guanidine groups is 1. The molecule has 2 aromatic rings. The van der Waals surface area contributed by atoms with Gasteiger partial charge in [0.15, 0.2) is 5.96 Å². The first-order chi connectivity index (χ1) is 10.8. The topological polar surface area (TPSA) is 85.7 Å². The number of rotatable bonds is 5. The van der Waals surface area contributed by atoms with Crippen molar-refractivity contribution in [2.24, 2.45) is 10.7 Å². The molecule has 1 aliphatic heterocycles. The van der Waals surface area contributed by atoms with E-state index in [1.54, 1.807) is 6.26 Å². The summed E-state index contributed by atoms with van der Waals surface area (Å²) in [6.45, 7) is 1.93. The van der Waals surface area contributed by atoms with E-state index in [4.69, 9.17) is 14.9 Å². The molecule has 0 amide bonds. The monoisotopic (exact) mass is 428 g/mol. The summed E-state index contributed by atoms with van der Waals surface area (Å²) < 4.78 is 11.0. The Morgan fingerprint density at radius 2 is 2.17 bits per heavy atom. The fourth-order valence-corrected chi connectivity index (χ4v) is 2.34. The summed E-state index contributed by atoms with van der Waals surface area (Å²) >= 11 is 0. The summed E-state index contributed by atoms with van der Waals surface area (Å²) in [5.74, 6) is 0.997. The number of hydrogen-bond acceptors (Lipinski definition) is 4. The highest BCUT2D eigenvalue weighted by Gasteiger charge is 2.15. The van der Waals surface area contributed by atoms with Gasteiger partial charge in [-0.25, -0.2) is 9.98 Å². The van der Waals surface area contributed by atoms with Crippen molar-refractivity contribution in [2.75, 3.05) is 13.2 Å². The van der Waals surface area contributed by atoms with Crippen LogP contribution in [-0.2, 0) is 11.3 Å². The van der Waals surface area contributed by atoms with Crippen LogP contribution >= 0.6 is 24.0 Å². The molecule has 1 atom stereocenters. The molecule has 0 saturated carbocycles. The Hall–Kier alpha value is -1.61. The number of nitrogens with two attached hydrogens (primary N) is 1. The first-order valence-corrected chi connectivity index (χ1v) is 7.46. The first-order valence-electron chi connectivity index (χ1n) is 7.46. The lowest BCUT2D eigenvalue weighted by Crippen LogP contribution is -2.37. The van der Waals surface area contributed by atoms with Gasteiger partial charge < -0.3 is 20.2 Å². The number of ether oxygens (including phenoxy) is 1. The SMILES string of the molecule is I.NC(=NCc1coc(-c2ccccc2)n1)NCC1CCCO1. The van der Waals surface area contributed by atoms with Crippen LogP contribution in [0.15, 0.2) is 46.0 Å². The van der Waals surface area contributed by atoms with Crippen LogP contribution in [0.5, 0.6) is 0 Å². The Morgan fingerprint density at radius 3 is 2.91 bits per heavy atom. The van der Waals surface area contributed by atoms with Crippen LogP contribution in [0.2, 0.25) is 0 Å². The zero-order valence-corrected chi connectivity index (χ0v) is 15.1. The van der Waals surface area contributed by atoms with Gasteiger partial charge in [0.1, 0.15) is 12.0 Å². The molecule has 6 nitrogen and oxygen atoms in total. The normalized spacial score (nSPS) is 17.7. The Kier molecular flexibility index (Phi) is 6.85. The molecule has 1 unspecified atom stereocenters. The summed E-state index contributed by atoms with van der Waals surface area (Å²) in [5.41, 5.74) is 7.54. The highest BCUT2D eigenvalue weighted by atomic mass is 127. The Morgan fingerprint density at radius 1 is 1.35 bits per heavy atom. The smallest absolute Gasteiger partial charge is 0.226 e. The van der Waals surface area contributed by atoms with E-state index in [2.05, 4.69) is 15.3 Å². The molecule has 3 N–H and O–H groups in total. The molecule has 1 aliphatic rings. The number of aliphatic imine (C=N–C) groups is 1. The fourth-order valence-electron chi connectivity index (χ4n) is 2.34. The zero-order valence-electron chi connectivity index (χ0n) is 12.8. The van der Waals surface area contributed by atoms with Gasteiger partial charge in [0.2, 0.25) is 5.89 Å². The van der Waals surface area contributed by atoms with E-state index in [0.717, 1.165) is 30.7 Å². The lowest BCUT2D eigenvalue weighted by molar-refractivity contribution is 0.114. The van der Waals surface area contributed by atoms with E-state index in [-0.39, 0.29) is 30.1 Å². The molecule has 1 aromatic carbocycles. The Balaban J connectivity index is 0.00000192. The number of hydrogen-bond donors (Lipinski definition) is 2. The van der Waals surface area contributed by atoms with Gasteiger partial charge in [-0.1, -0.05) is 18.2 Å². The van der Waals surface area contributed by atoms with Gasteiger partial charge in [0, 0.05) is 18.7 Å². The maximum atomic E-state index is 5.84. The molecule has 0 aliphatic carbocycles. The summed E-state index contributed by atoms with van der Waals surface area (Å²) in [6, 6.07) is 9.76. The number of aromatic nitrogens is 1. The molecule has 0 bridgehead atoms. The van der Waals surface area contributed by atoms with E-state index in [0.29, 0.717) is 24.9 Å². The van der Waals surface area contributed by atoms with E-state index in [9.17, 15) is 0 Å². The molecule has 0 radical (unpaired) electrons. The third-order valence-corrected chi connectivity index (χ3v) is 3.52. The summed E-state index contributed by atoms with van der Waals surface area (Å²) in [7, 11) is 0. The fraction of sp³-hybridized carbons (Fsp3) is 0.375. The maximum absolute atomic E-state index is 5.84. The molecule has 23 heavy (non-hydrogen) atoms. The van der Waals surface area contributed by atoms with Crippen molar-refractivity contribution in [1.29, 1.82) is 0 Å². The standard InChI is InChI=1S/C16H20N4O2.HI/c17-16(19-10-14-7-4-8-21-14)18-9-13-11-22-15(20-13)12-5-2-1-3-6-12;/h1-3,5-6,11,14H,4,7-10H2,(H3,17,18,19);1H. The molecule has 1 fully saturated rings. The van der Waals surface area contributed by atoms with Gasteiger partial charge in [-0.3, -0.25) is 0 Å². The predicted octanol–water partition coefficient (Wildman–Crippen LogP) is 2.54. The second-order valence-electron chi connectivity index (χ2n) is 5.23. The summed E-state index contributed by atoms with van der Waals surface area (Å²) in [6.07, 6.45) is 4.04. The van der Waals surface area contributed by atoms with Crippen molar-refractivity contribution in [2.45, 2.75) is 25.5 Å². The Labute approximate surface area is 152 Å². The van der Waals surface area contributed by atoms with Crippen molar-refractivity contribution in [1.82, 2.24) is 10.3 Å². The quantitative estimate of drug-likeness (QED) is 0.435. The second-order valence-corrected chi connectivity index (χ2v) is 5.23. The molecule has 124 valence electrons. The van der Waals surface area contributed by atoms with Crippen LogP contribution in [0.1, 0.15) is 18.5 Å². The van der Waals surface area contributed by atoms with Crippen LogP contribution in [0, 0.1) is 0 Å². The summed E-state index contributed by atoms with van der Waals surface area (Å²) in [4.78, 5) is 8.68. The van der Waals surface area contributed by atoms with Crippen LogP contribution in [0.3, 0.4) is 0 Å². The molecule has 1 saturated heterocycles. The first kappa shape index (κ1) is 17.7. The van der Waals surface area contributed by atoms with Gasteiger partial charge in [-0.15, -0.1) is 24.0 Å². The number of halogens is 1. The number of nitrogens with one attached hydrogen (secondary N) is 1. The molecular weight excluding hydrogens is 407 g/mol. The van der Waals surface area contributed by atoms with Gasteiger partial charge in [0.05, 0.1) is 12.6 Å². The predicted molar refractivity (Wildman–Crippen MR) is 99.7 cm³/mol. The number of nitrogens with zero attached hydrogens (tertiary/aromatic N) is 2. The van der Waals surface area contributed by atoms with Crippen molar-refractivity contribution in [3.63, 3.8) is 0 Å². The highest BCUT2D eigenvalue weighted by molar-refractivity contribution is 14.0. The lowest BCUT2D eigenvalue weighted by Gasteiger charge is -2.10. The molecule has 1 aromatic heterocycles. The number of oxazole rings is 1. The van der Waals surface area contributed by atoms with Crippen molar-refractivity contribution in [3.05, 3.63) is 42.3 Å². The van der Waals surface area contributed by atoms with E-state index in [1.807, 2.05) is 30.3 Å². The van der Waals surface area contributed by atoms with Gasteiger partial charge in [0.25, 0.3) is 0 Å². The highest BCUT2D eigenvalue weighted by Crippen LogP contribution is 2.18. The Bertz CT molecular complexity index is 624. The van der Waals surface area contributed by atoms with Gasteiger partial charge in [-0.2, -0.15) is 0 Å². The van der Waals surface area contributed by atoms with Crippen LogP contribution in [0.4, 0.5) is 0 Å². The van der Waals surface area contributed by atoms with Gasteiger partial charge in [-0.05, 0) is 25.0 Å². The van der Waals surface area contributed by atoms with Crippen molar-refractivity contribution >= 4 is 29.9 Å². The molecule has 0 spiro atoms. The van der Waals surface area contributed by atoms with Crippen LogP contribution in [0.25, 0.3) is 11.5 Å². The summed E-state index contributed by atoms with van der Waals surface area (Å²) in [5, 5.41) is 3.08. The van der Waals surface area contributed by atoms with E-state index < -0.39 is 0 Å². The van der Waals surface area contributed by atoms with E-state index in [1.165, 1.54) is 0 Å². The average Bonchev–Trinajstić information content (AvgIpc) is 3.23. The molecule has 2 heterocycles. The third kappa shape index (κ3) is 5.21. The minimum Gasteiger partial charge on any atom is -0.444 e. The molecule has 3 rings (SSSR count). The maximum Gasteiger partial charge on any atom is 0.226 e. The lowest BCUT2D eigenvalue weighted by atomic mass is 10.2. The van der Waals surface area contributed by atoms with Crippen LogP contribution in [-0.4, -0.2) is 30.2 Å². The zero-order chi connectivity index (χ0) is 15.2. The third-order valence-electron chi connectivity index (χ3n) is 3.52. The van der Waals surface area contributed by atoms with E-state index >= 15 is 0 Å². The van der Waals surface area contributed by atoms with Crippen LogP contribution < -0.4 is 11.1 Å². The molecular formula is C16H21IN4O2. The number of benzene rings is 1. The average molecular weight is 428 g/mol. The van der Waals surface area contributed by atoms with Gasteiger partial charge >= 0.3 is 0 Å². The minimum atomic E-state index is 0. The van der Waals surface area contributed by atoms with Crippen molar-refractivity contribution < 1.29 is 9.15 Å². The largest absolute Gasteiger partial charge is 0.444 e. The minimum absolute atomic E-state index is 0. The van der Waals surface area contributed by atoms with Crippen molar-refractivity contribution in [3.8, 4) is 11.5 Å². The second kappa shape index (κ2) is 8.88. The molecule has 7 heteroatoms.